The fourth-order valence-corrected chi connectivity index (χ4v) is 3.22. The molecule has 0 bridgehead atoms. The molecule has 0 aliphatic carbocycles. The maximum Gasteiger partial charge on any atom is 0.243 e. The van der Waals surface area contributed by atoms with Crippen molar-refractivity contribution in [1.29, 1.82) is 0 Å². The molecule has 1 aliphatic heterocycles. The molecule has 0 radical (unpaired) electrons. The number of nitrogens with one attached hydrogen (secondary N) is 2. The van der Waals surface area contributed by atoms with Crippen molar-refractivity contribution in [2.24, 2.45) is 0 Å². The minimum atomic E-state index is -3.81. The first-order valence-corrected chi connectivity index (χ1v) is 8.10. The van der Waals surface area contributed by atoms with Gasteiger partial charge in [-0.25, -0.2) is 17.5 Å². The van der Waals surface area contributed by atoms with Crippen molar-refractivity contribution in [2.75, 3.05) is 19.6 Å². The monoisotopic (exact) mass is 348 g/mol. The second-order valence-electron chi connectivity index (χ2n) is 4.22. The Morgan fingerprint density at radius 3 is 2.84 bits per heavy atom. The van der Waals surface area contributed by atoms with Gasteiger partial charge in [-0.15, -0.1) is 0 Å². The molecule has 104 valence electrons. The molecule has 19 heavy (non-hydrogen) atoms. The first-order chi connectivity index (χ1) is 8.99. The molecule has 0 saturated carbocycles. The third-order valence-electron chi connectivity index (χ3n) is 2.83. The first-order valence-electron chi connectivity index (χ1n) is 5.82. The van der Waals surface area contributed by atoms with Gasteiger partial charge in [0.15, 0.2) is 0 Å². The van der Waals surface area contributed by atoms with E-state index in [9.17, 15) is 12.8 Å². The zero-order chi connectivity index (χ0) is 13.9. The Hall–Kier alpha value is -0.760. The van der Waals surface area contributed by atoms with Gasteiger partial charge in [0.25, 0.3) is 0 Å². The average molecular weight is 349 g/mol. The molecule has 1 aromatic rings. The number of benzene rings is 1. The van der Waals surface area contributed by atoms with E-state index < -0.39 is 15.8 Å². The number of halogens is 2. The Bertz CT molecular complexity index is 602. The topological polar surface area (TPSA) is 58.2 Å². The number of hydrogen-bond donors (Lipinski definition) is 2. The van der Waals surface area contributed by atoms with E-state index in [1.807, 2.05) is 6.08 Å². The van der Waals surface area contributed by atoms with Crippen molar-refractivity contribution in [3.05, 3.63) is 40.1 Å². The molecule has 0 fully saturated rings. The molecule has 2 rings (SSSR count). The Balaban J connectivity index is 2.11. The lowest BCUT2D eigenvalue weighted by Gasteiger charge is -2.15. The summed E-state index contributed by atoms with van der Waals surface area (Å²) in [4.78, 5) is -0.328. The van der Waals surface area contributed by atoms with Gasteiger partial charge in [0.1, 0.15) is 10.7 Å². The highest BCUT2D eigenvalue weighted by Gasteiger charge is 2.19. The zero-order valence-electron chi connectivity index (χ0n) is 10.1. The van der Waals surface area contributed by atoms with Gasteiger partial charge in [0.2, 0.25) is 10.0 Å². The molecule has 1 aromatic carbocycles. The summed E-state index contributed by atoms with van der Waals surface area (Å²) in [7, 11) is -3.81. The van der Waals surface area contributed by atoms with Gasteiger partial charge >= 0.3 is 0 Å². The van der Waals surface area contributed by atoms with E-state index in [2.05, 4.69) is 26.0 Å². The minimum Gasteiger partial charge on any atom is -0.313 e. The predicted molar refractivity (Wildman–Crippen MR) is 74.9 cm³/mol. The first kappa shape index (κ1) is 14.6. The number of hydrogen-bond acceptors (Lipinski definition) is 3. The molecule has 0 atom stereocenters. The maximum atomic E-state index is 13.6. The second-order valence-corrected chi connectivity index (χ2v) is 6.87. The van der Waals surface area contributed by atoms with E-state index in [0.29, 0.717) is 4.47 Å². The standard InChI is InChI=1S/C12H14BrFN2O2S/c13-10-1-2-12(11(14)7-10)19(17,18)16-8-9-3-5-15-6-4-9/h1-3,7,15-16H,4-6,8H2. The van der Waals surface area contributed by atoms with Gasteiger partial charge < -0.3 is 5.32 Å². The summed E-state index contributed by atoms with van der Waals surface area (Å²) in [6.45, 7) is 1.80. The van der Waals surface area contributed by atoms with Crippen LogP contribution in [0.25, 0.3) is 0 Å². The summed E-state index contributed by atoms with van der Waals surface area (Å²) in [5.41, 5.74) is 1.01. The molecule has 0 spiro atoms. The fraction of sp³-hybridized carbons (Fsp3) is 0.333. The molecule has 7 heteroatoms. The van der Waals surface area contributed by atoms with E-state index in [0.717, 1.165) is 31.1 Å². The van der Waals surface area contributed by atoms with Crippen LogP contribution in [0.5, 0.6) is 0 Å². The van der Waals surface area contributed by atoms with Crippen LogP contribution < -0.4 is 10.0 Å². The Morgan fingerprint density at radius 2 is 2.21 bits per heavy atom. The molecule has 0 aromatic heterocycles. The van der Waals surface area contributed by atoms with Crippen molar-refractivity contribution < 1.29 is 12.8 Å². The molecular weight excluding hydrogens is 335 g/mol. The summed E-state index contributed by atoms with van der Waals surface area (Å²) >= 11 is 3.09. The average Bonchev–Trinajstić information content (AvgIpc) is 2.37. The van der Waals surface area contributed by atoms with Crippen LogP contribution in [-0.2, 0) is 10.0 Å². The van der Waals surface area contributed by atoms with Crippen LogP contribution in [-0.4, -0.2) is 28.1 Å². The van der Waals surface area contributed by atoms with Gasteiger partial charge in [0.05, 0.1) is 0 Å². The highest BCUT2D eigenvalue weighted by molar-refractivity contribution is 9.10. The normalized spacial score (nSPS) is 16.2. The predicted octanol–water partition coefficient (Wildman–Crippen LogP) is 1.79. The second kappa shape index (κ2) is 6.13. The van der Waals surface area contributed by atoms with Crippen LogP contribution in [0, 0.1) is 5.82 Å². The Labute approximate surface area is 120 Å². The van der Waals surface area contributed by atoms with Crippen molar-refractivity contribution >= 4 is 26.0 Å². The summed E-state index contributed by atoms with van der Waals surface area (Å²) in [6.07, 6.45) is 2.75. The van der Waals surface area contributed by atoms with Gasteiger partial charge in [0, 0.05) is 17.6 Å². The van der Waals surface area contributed by atoms with Crippen molar-refractivity contribution in [3.8, 4) is 0 Å². The molecule has 1 aliphatic rings. The van der Waals surface area contributed by atoms with E-state index in [-0.39, 0.29) is 11.4 Å². The lowest BCUT2D eigenvalue weighted by Crippen LogP contribution is -2.30. The highest BCUT2D eigenvalue weighted by Crippen LogP contribution is 2.19. The van der Waals surface area contributed by atoms with Crippen molar-refractivity contribution in [2.45, 2.75) is 11.3 Å². The largest absolute Gasteiger partial charge is 0.313 e. The van der Waals surface area contributed by atoms with Gasteiger partial charge in [-0.05, 0) is 31.2 Å². The lowest BCUT2D eigenvalue weighted by molar-refractivity contribution is 0.557. The third-order valence-corrected chi connectivity index (χ3v) is 4.76. The lowest BCUT2D eigenvalue weighted by atomic mass is 10.1. The van der Waals surface area contributed by atoms with Crippen molar-refractivity contribution in [3.63, 3.8) is 0 Å². The van der Waals surface area contributed by atoms with E-state index in [1.165, 1.54) is 12.1 Å². The van der Waals surface area contributed by atoms with Crippen LogP contribution in [0.1, 0.15) is 6.42 Å². The zero-order valence-corrected chi connectivity index (χ0v) is 12.5. The Morgan fingerprint density at radius 1 is 1.42 bits per heavy atom. The Kier molecular flexibility index (Phi) is 4.72. The summed E-state index contributed by atoms with van der Waals surface area (Å²) in [5.74, 6) is -0.763. The van der Waals surface area contributed by atoms with Crippen LogP contribution in [0.3, 0.4) is 0 Å². The summed E-state index contributed by atoms with van der Waals surface area (Å²) in [6, 6.07) is 3.89. The van der Waals surface area contributed by atoms with Gasteiger partial charge in [-0.2, -0.15) is 0 Å². The molecule has 0 saturated heterocycles. The van der Waals surface area contributed by atoms with Crippen LogP contribution in [0.4, 0.5) is 4.39 Å². The quantitative estimate of drug-likeness (QED) is 0.815. The van der Waals surface area contributed by atoms with Gasteiger partial charge in [-0.1, -0.05) is 27.6 Å². The molecular formula is C12H14BrFN2O2S. The summed E-state index contributed by atoms with van der Waals surface area (Å²) in [5, 5.41) is 3.14. The minimum absolute atomic E-state index is 0.222. The molecule has 0 amide bonds. The van der Waals surface area contributed by atoms with Crippen LogP contribution in [0.2, 0.25) is 0 Å². The SMILES string of the molecule is O=S(=O)(NCC1=CCNCC1)c1ccc(Br)cc1F. The number of sulfonamides is 1. The van der Waals surface area contributed by atoms with Gasteiger partial charge in [-0.3, -0.25) is 0 Å². The van der Waals surface area contributed by atoms with Crippen LogP contribution in [0.15, 0.2) is 39.2 Å². The van der Waals surface area contributed by atoms with E-state index in [1.54, 1.807) is 0 Å². The van der Waals surface area contributed by atoms with E-state index >= 15 is 0 Å². The van der Waals surface area contributed by atoms with E-state index in [4.69, 9.17) is 0 Å². The fourth-order valence-electron chi connectivity index (χ4n) is 1.79. The molecule has 0 unspecified atom stereocenters. The summed E-state index contributed by atoms with van der Waals surface area (Å²) < 4.78 is 40.6. The smallest absolute Gasteiger partial charge is 0.243 e. The molecule has 4 nitrogen and oxygen atoms in total. The number of rotatable bonds is 4. The maximum absolute atomic E-state index is 13.6. The van der Waals surface area contributed by atoms with Crippen LogP contribution >= 0.6 is 15.9 Å². The molecule has 1 heterocycles. The highest BCUT2D eigenvalue weighted by atomic mass is 79.9. The van der Waals surface area contributed by atoms with Crippen molar-refractivity contribution in [1.82, 2.24) is 10.0 Å². The third kappa shape index (κ3) is 3.85. The molecule has 2 N–H and O–H groups in total.